The van der Waals surface area contributed by atoms with Gasteiger partial charge in [-0.15, -0.1) is 0 Å². The molecule has 1 fully saturated rings. The lowest BCUT2D eigenvalue weighted by Crippen LogP contribution is -2.65. The molecule has 3 aliphatic carbocycles. The average molecular weight is 570 g/mol. The lowest BCUT2D eigenvalue weighted by molar-refractivity contribution is -0.153. The van der Waals surface area contributed by atoms with Gasteiger partial charge in [-0.3, -0.25) is 24.1 Å². The summed E-state index contributed by atoms with van der Waals surface area (Å²) >= 11 is 0. The number of hydrogen-bond donors (Lipinski definition) is 5. The fraction of sp³-hybridized carbons (Fsp3) is 0.533. The number of phenols is 1. The first-order valence-corrected chi connectivity index (χ1v) is 13.6. The number of hydrogen-bond acceptors (Lipinski definition) is 10. The van der Waals surface area contributed by atoms with Crippen molar-refractivity contribution in [2.75, 3.05) is 33.1 Å². The van der Waals surface area contributed by atoms with E-state index in [1.54, 1.807) is 39.2 Å². The Balaban J connectivity index is 1.95. The van der Waals surface area contributed by atoms with Gasteiger partial charge in [0, 0.05) is 37.7 Å². The van der Waals surface area contributed by atoms with Gasteiger partial charge in [0.15, 0.2) is 17.2 Å². The van der Waals surface area contributed by atoms with Crippen molar-refractivity contribution >= 4 is 34.7 Å². The van der Waals surface area contributed by atoms with Crippen LogP contribution in [0.25, 0.3) is 5.76 Å². The molecule has 0 radical (unpaired) electrons. The number of aliphatic hydroxyl groups excluding tert-OH is 2. The van der Waals surface area contributed by atoms with Crippen LogP contribution in [0.4, 0.5) is 5.69 Å². The number of carbonyl (C=O) groups excluding carboxylic acids is 4. The van der Waals surface area contributed by atoms with E-state index in [1.165, 1.54) is 4.90 Å². The molecule has 11 heteroatoms. The van der Waals surface area contributed by atoms with Gasteiger partial charge in [0.05, 0.1) is 17.2 Å². The van der Waals surface area contributed by atoms with Crippen molar-refractivity contribution in [2.45, 2.75) is 58.1 Å². The molecule has 0 saturated heterocycles. The smallest absolute Gasteiger partial charge is 0.255 e. The third-order valence-electron chi connectivity index (χ3n) is 8.58. The number of carbonyl (C=O) groups is 4. The molecule has 1 aromatic rings. The van der Waals surface area contributed by atoms with Crippen molar-refractivity contribution in [1.29, 1.82) is 0 Å². The van der Waals surface area contributed by atoms with Crippen LogP contribution in [0.2, 0.25) is 0 Å². The molecule has 1 amide bonds. The molecular weight excluding hydrogens is 530 g/mol. The second kappa shape index (κ2) is 9.99. The SMILES string of the molecule is CN(C)c1cc(C(=O)CCC(C)(C)C)c(O)c2c1C[C@H]1C[C@H]3[C@H](N(C)C)C(=O)C(C(N)=O)=C(O)[C@@]3(O)C(=O)C1=C2O. The Morgan fingerprint density at radius 3 is 2.22 bits per heavy atom. The summed E-state index contributed by atoms with van der Waals surface area (Å²) in [4.78, 5) is 55.9. The summed E-state index contributed by atoms with van der Waals surface area (Å²) in [6.07, 6.45) is 0.844. The minimum atomic E-state index is -2.72. The normalized spacial score (nSPS) is 26.1. The zero-order valence-corrected chi connectivity index (χ0v) is 24.5. The number of aliphatic hydroxyl groups is 3. The zero-order chi connectivity index (χ0) is 30.9. The Morgan fingerprint density at radius 2 is 1.71 bits per heavy atom. The van der Waals surface area contributed by atoms with Crippen molar-refractivity contribution < 1.29 is 39.6 Å². The number of aromatic hydroxyl groups is 1. The molecule has 0 unspecified atom stereocenters. The van der Waals surface area contributed by atoms with Crippen LogP contribution in [-0.4, -0.2) is 88.4 Å². The Kier molecular flexibility index (Phi) is 7.37. The maximum absolute atomic E-state index is 14.0. The van der Waals surface area contributed by atoms with E-state index in [2.05, 4.69) is 0 Å². The number of fused-ring (bicyclic) bond motifs is 3. The van der Waals surface area contributed by atoms with Gasteiger partial charge in [0.2, 0.25) is 5.78 Å². The van der Waals surface area contributed by atoms with Crippen LogP contribution in [0.15, 0.2) is 23.0 Å². The van der Waals surface area contributed by atoms with Crippen molar-refractivity contribution in [3.8, 4) is 5.75 Å². The lowest BCUT2D eigenvalue weighted by Gasteiger charge is -2.50. The Labute approximate surface area is 238 Å². The number of ketones is 3. The molecule has 11 nitrogen and oxygen atoms in total. The highest BCUT2D eigenvalue weighted by Gasteiger charge is 2.64. The molecule has 0 bridgehead atoms. The van der Waals surface area contributed by atoms with Gasteiger partial charge in [0.25, 0.3) is 5.91 Å². The molecule has 0 heterocycles. The van der Waals surface area contributed by atoms with E-state index in [0.29, 0.717) is 17.7 Å². The van der Waals surface area contributed by atoms with Gasteiger partial charge in [-0.25, -0.2) is 0 Å². The maximum atomic E-state index is 14.0. The van der Waals surface area contributed by atoms with E-state index >= 15 is 0 Å². The van der Waals surface area contributed by atoms with Crippen LogP contribution in [0.1, 0.15) is 61.5 Å². The second-order valence-electron chi connectivity index (χ2n) is 13.0. The first-order valence-electron chi connectivity index (χ1n) is 13.6. The topological polar surface area (TPSA) is 182 Å². The quantitative estimate of drug-likeness (QED) is 0.251. The third-order valence-corrected chi connectivity index (χ3v) is 8.58. The first-order chi connectivity index (χ1) is 18.8. The number of phenolic OH excluding ortho intramolecular Hbond substituents is 1. The lowest BCUT2D eigenvalue weighted by atomic mass is 9.57. The van der Waals surface area contributed by atoms with E-state index in [9.17, 15) is 39.6 Å². The third kappa shape index (κ3) is 4.61. The van der Waals surface area contributed by atoms with Gasteiger partial charge in [-0.05, 0) is 56.3 Å². The molecular formula is C30H39N3O8. The molecule has 3 aliphatic rings. The number of nitrogens with zero attached hydrogens (tertiary/aromatic N) is 2. The minimum absolute atomic E-state index is 0.00293. The van der Waals surface area contributed by atoms with Crippen molar-refractivity contribution in [1.82, 2.24) is 4.90 Å². The highest BCUT2D eigenvalue weighted by Crippen LogP contribution is 2.54. The fourth-order valence-electron chi connectivity index (χ4n) is 6.53. The molecule has 0 aliphatic heterocycles. The monoisotopic (exact) mass is 569 g/mol. The number of rotatable bonds is 6. The average Bonchev–Trinajstić information content (AvgIpc) is 2.83. The molecule has 0 spiro atoms. The number of primary amides is 1. The van der Waals surface area contributed by atoms with Gasteiger partial charge in [-0.1, -0.05) is 20.8 Å². The number of amides is 1. The van der Waals surface area contributed by atoms with Crippen LogP contribution in [0.5, 0.6) is 5.75 Å². The van der Waals surface area contributed by atoms with Gasteiger partial charge in [0.1, 0.15) is 22.8 Å². The fourth-order valence-corrected chi connectivity index (χ4v) is 6.53. The van der Waals surface area contributed by atoms with E-state index in [0.717, 1.165) is 0 Å². The summed E-state index contributed by atoms with van der Waals surface area (Å²) in [5.41, 5.74) is 2.38. The van der Waals surface area contributed by atoms with Crippen LogP contribution in [0.3, 0.4) is 0 Å². The van der Waals surface area contributed by atoms with Crippen LogP contribution < -0.4 is 10.6 Å². The van der Waals surface area contributed by atoms with E-state index < -0.39 is 63.8 Å². The zero-order valence-electron chi connectivity index (χ0n) is 24.5. The molecule has 41 heavy (non-hydrogen) atoms. The van der Waals surface area contributed by atoms with Crippen LogP contribution in [0, 0.1) is 17.3 Å². The van der Waals surface area contributed by atoms with E-state index in [1.807, 2.05) is 20.8 Å². The molecule has 0 aromatic heterocycles. The summed E-state index contributed by atoms with van der Waals surface area (Å²) in [6, 6.07) is 0.427. The van der Waals surface area contributed by atoms with Gasteiger partial charge >= 0.3 is 0 Å². The number of likely N-dealkylation sites (N-methyl/N-ethyl adjacent to an activating group) is 1. The van der Waals surface area contributed by atoms with Crippen LogP contribution >= 0.6 is 0 Å². The number of Topliss-reactive ketones (excluding diaryl/α,β-unsaturated/α-hetero) is 3. The predicted octanol–water partition coefficient (Wildman–Crippen LogP) is 2.04. The molecule has 4 rings (SSSR count). The minimum Gasteiger partial charge on any atom is -0.508 e. The first kappa shape index (κ1) is 30.3. The predicted molar refractivity (Wildman–Crippen MR) is 152 cm³/mol. The molecule has 6 N–H and O–H groups in total. The summed E-state index contributed by atoms with van der Waals surface area (Å²) in [5.74, 6) is -7.60. The summed E-state index contributed by atoms with van der Waals surface area (Å²) in [6.45, 7) is 5.98. The molecule has 222 valence electrons. The summed E-state index contributed by atoms with van der Waals surface area (Å²) < 4.78 is 0. The highest BCUT2D eigenvalue weighted by molar-refractivity contribution is 6.24. The Hall–Kier alpha value is -3.70. The van der Waals surface area contributed by atoms with Gasteiger partial charge < -0.3 is 31.1 Å². The Bertz CT molecular complexity index is 1430. The second-order valence-corrected chi connectivity index (χ2v) is 13.0. The number of nitrogens with two attached hydrogens (primary N) is 1. The molecule has 4 atom stereocenters. The largest absolute Gasteiger partial charge is 0.508 e. The molecule has 1 aromatic carbocycles. The number of anilines is 1. The number of benzene rings is 1. The summed E-state index contributed by atoms with van der Waals surface area (Å²) in [7, 11) is 6.61. The van der Waals surface area contributed by atoms with E-state index in [4.69, 9.17) is 5.73 Å². The molecule has 1 saturated carbocycles. The standard InChI is InChI=1S/C30H39N3O8/c1-29(2,3)9-8-18(34)15-12-17(32(4)5)14-10-13-11-16-22(33(6)7)25(37)21(28(31)40)27(39)30(16,41)26(38)19(13)24(36)20(14)23(15)35/h12-13,16,22,35-36,39,41H,8-11H2,1-7H3,(H2,31,40)/t13-,16-,22-,30-/m0/s1. The van der Waals surface area contributed by atoms with Crippen LogP contribution in [-0.2, 0) is 20.8 Å². The van der Waals surface area contributed by atoms with Gasteiger partial charge in [-0.2, -0.15) is 0 Å². The van der Waals surface area contributed by atoms with Crippen molar-refractivity contribution in [2.24, 2.45) is 23.0 Å². The van der Waals surface area contributed by atoms with E-state index in [-0.39, 0.29) is 47.2 Å². The highest BCUT2D eigenvalue weighted by atomic mass is 16.3. The van der Waals surface area contributed by atoms with Crippen molar-refractivity contribution in [3.63, 3.8) is 0 Å². The summed E-state index contributed by atoms with van der Waals surface area (Å²) in [5, 5.41) is 45.6. The van der Waals surface area contributed by atoms with Crippen molar-refractivity contribution in [3.05, 3.63) is 39.7 Å². The Morgan fingerprint density at radius 1 is 1.10 bits per heavy atom. The maximum Gasteiger partial charge on any atom is 0.255 e.